The van der Waals surface area contributed by atoms with Crippen LogP contribution in [0.1, 0.15) is 5.56 Å². The van der Waals surface area contributed by atoms with Crippen molar-refractivity contribution in [3.63, 3.8) is 0 Å². The molecule has 7 nitrogen and oxygen atoms in total. The van der Waals surface area contributed by atoms with E-state index >= 15 is 0 Å². The predicted molar refractivity (Wildman–Crippen MR) is 101 cm³/mol. The number of hydrogen-bond donors (Lipinski definition) is 1. The summed E-state index contributed by atoms with van der Waals surface area (Å²) < 4.78 is 34.1. The summed E-state index contributed by atoms with van der Waals surface area (Å²) in [4.78, 5) is 11.4. The van der Waals surface area contributed by atoms with Crippen LogP contribution in [0.25, 0.3) is 28.1 Å². The van der Waals surface area contributed by atoms with Gasteiger partial charge < -0.3 is 9.72 Å². The minimum absolute atomic E-state index is 0.253. The van der Waals surface area contributed by atoms with Gasteiger partial charge in [0.2, 0.25) is 5.88 Å². The second kappa shape index (κ2) is 6.93. The van der Waals surface area contributed by atoms with Gasteiger partial charge in [-0.3, -0.25) is 4.98 Å². The first-order valence-corrected chi connectivity index (χ1v) is 8.88. The van der Waals surface area contributed by atoms with Crippen LogP contribution >= 0.6 is 0 Å². The molecule has 3 heterocycles. The molecule has 0 saturated heterocycles. The number of rotatable bonds is 5. The summed E-state index contributed by atoms with van der Waals surface area (Å²) in [5.41, 5.74) is 3.75. The summed E-state index contributed by atoms with van der Waals surface area (Å²) >= 11 is 0. The Balaban J connectivity index is 1.44. The smallest absolute Gasteiger partial charge is 0.220 e. The molecule has 0 radical (unpaired) electrons. The van der Waals surface area contributed by atoms with E-state index in [1.807, 2.05) is 18.2 Å². The van der Waals surface area contributed by atoms with Crippen LogP contribution < -0.4 is 4.74 Å². The van der Waals surface area contributed by atoms with E-state index in [2.05, 4.69) is 25.1 Å². The molecule has 0 amide bonds. The first-order valence-electron chi connectivity index (χ1n) is 8.88. The van der Waals surface area contributed by atoms with Crippen LogP contribution in [0.3, 0.4) is 0 Å². The summed E-state index contributed by atoms with van der Waals surface area (Å²) in [6.07, 6.45) is 5.20. The lowest BCUT2D eigenvalue weighted by Gasteiger charge is -2.10. The Hall–Kier alpha value is -3.88. The molecule has 29 heavy (non-hydrogen) atoms. The summed E-state index contributed by atoms with van der Waals surface area (Å²) in [5.74, 6) is -0.690. The Kier molecular flexibility index (Phi) is 4.12. The fraction of sp³-hybridized carbons (Fsp3) is 0.100. The number of fused-ring (bicyclic) bond motifs is 2. The molecule has 5 aromatic rings. The van der Waals surface area contributed by atoms with Crippen molar-refractivity contribution in [3.8, 4) is 17.3 Å². The molecule has 0 aliphatic carbocycles. The lowest BCUT2D eigenvalue weighted by molar-refractivity contribution is 0.304. The van der Waals surface area contributed by atoms with Crippen LogP contribution in [-0.4, -0.2) is 36.2 Å². The summed E-state index contributed by atoms with van der Waals surface area (Å²) in [6, 6.07) is 9.55. The van der Waals surface area contributed by atoms with Crippen molar-refractivity contribution < 1.29 is 13.5 Å². The normalized spacial score (nSPS) is 11.4. The van der Waals surface area contributed by atoms with E-state index in [-0.39, 0.29) is 6.61 Å². The highest BCUT2D eigenvalue weighted by Crippen LogP contribution is 2.25. The zero-order chi connectivity index (χ0) is 19.8. The van der Waals surface area contributed by atoms with Crippen molar-refractivity contribution in [2.75, 3.05) is 6.61 Å². The van der Waals surface area contributed by atoms with Gasteiger partial charge in [0.15, 0.2) is 23.1 Å². The molecule has 0 bridgehead atoms. The van der Waals surface area contributed by atoms with Crippen molar-refractivity contribution in [1.82, 2.24) is 29.5 Å². The monoisotopic (exact) mass is 392 g/mol. The lowest BCUT2D eigenvalue weighted by atomic mass is 10.1. The minimum Gasteiger partial charge on any atom is -0.477 e. The van der Waals surface area contributed by atoms with Gasteiger partial charge in [0.25, 0.3) is 0 Å². The number of aromatic nitrogens is 6. The average molecular weight is 392 g/mol. The second-order valence-electron chi connectivity index (χ2n) is 6.44. The maximum Gasteiger partial charge on any atom is 0.220 e. The van der Waals surface area contributed by atoms with Crippen LogP contribution in [0.4, 0.5) is 8.78 Å². The maximum absolute atomic E-state index is 13.4. The molecule has 0 atom stereocenters. The number of nitrogens with zero attached hydrogens (tertiary/aromatic N) is 5. The van der Waals surface area contributed by atoms with E-state index in [0.717, 1.165) is 22.7 Å². The molecule has 3 aromatic heterocycles. The zero-order valence-electron chi connectivity index (χ0n) is 15.0. The number of H-pyrrole nitrogens is 1. The lowest BCUT2D eigenvalue weighted by Crippen LogP contribution is -2.06. The van der Waals surface area contributed by atoms with E-state index in [9.17, 15) is 8.78 Å². The summed E-state index contributed by atoms with van der Waals surface area (Å²) in [6.45, 7) is 0.253. The third kappa shape index (κ3) is 3.16. The van der Waals surface area contributed by atoms with Crippen LogP contribution in [0.15, 0.2) is 55.1 Å². The molecular weight excluding hydrogens is 378 g/mol. The molecule has 144 valence electrons. The van der Waals surface area contributed by atoms with Gasteiger partial charge in [-0.15, -0.1) is 10.2 Å². The zero-order valence-corrected chi connectivity index (χ0v) is 15.0. The first-order chi connectivity index (χ1) is 14.2. The van der Waals surface area contributed by atoms with E-state index in [1.165, 1.54) is 12.1 Å². The van der Waals surface area contributed by atoms with Gasteiger partial charge in [-0.25, -0.2) is 18.2 Å². The van der Waals surface area contributed by atoms with Gasteiger partial charge in [-0.1, -0.05) is 6.07 Å². The van der Waals surface area contributed by atoms with Gasteiger partial charge in [0, 0.05) is 12.0 Å². The van der Waals surface area contributed by atoms with Gasteiger partial charge in [-0.2, -0.15) is 0 Å². The van der Waals surface area contributed by atoms with Crippen LogP contribution in [0.5, 0.6) is 5.88 Å². The Morgan fingerprint density at radius 3 is 2.83 bits per heavy atom. The van der Waals surface area contributed by atoms with Crippen molar-refractivity contribution in [2.24, 2.45) is 0 Å². The summed E-state index contributed by atoms with van der Waals surface area (Å²) in [5, 5.41) is 8.44. The maximum atomic E-state index is 13.4. The third-order valence-electron chi connectivity index (χ3n) is 4.59. The molecule has 0 fully saturated rings. The predicted octanol–water partition coefficient (Wildman–Crippen LogP) is 3.57. The van der Waals surface area contributed by atoms with Crippen LogP contribution in [-0.2, 0) is 6.42 Å². The Morgan fingerprint density at radius 1 is 1.00 bits per heavy atom. The number of aromatic amines is 1. The van der Waals surface area contributed by atoms with Gasteiger partial charge >= 0.3 is 0 Å². The third-order valence-corrected chi connectivity index (χ3v) is 4.59. The fourth-order valence-electron chi connectivity index (χ4n) is 3.15. The number of nitrogens with one attached hydrogen (secondary N) is 1. The molecule has 0 aliphatic rings. The number of imidazole rings is 1. The van der Waals surface area contributed by atoms with Crippen molar-refractivity contribution in [3.05, 3.63) is 72.3 Å². The topological polar surface area (TPSA) is 81.0 Å². The van der Waals surface area contributed by atoms with Crippen LogP contribution in [0.2, 0.25) is 0 Å². The number of ether oxygens (including phenoxy) is 1. The van der Waals surface area contributed by atoms with Crippen molar-refractivity contribution in [1.29, 1.82) is 0 Å². The van der Waals surface area contributed by atoms with Gasteiger partial charge in [0.1, 0.15) is 0 Å². The standard InChI is InChI=1S/C20H14F2N6O/c21-14-3-1-12(7-15(14)22)5-6-29-19-10-23-9-18-26-27-20(28(18)19)13-2-4-16-17(8-13)25-11-24-16/h1-4,7-11H,5-6H2,(H,24,25). The molecule has 2 aromatic carbocycles. The highest BCUT2D eigenvalue weighted by Gasteiger charge is 2.14. The minimum atomic E-state index is -0.874. The Morgan fingerprint density at radius 2 is 1.93 bits per heavy atom. The number of benzene rings is 2. The molecule has 0 aliphatic heterocycles. The summed E-state index contributed by atoms with van der Waals surface area (Å²) in [7, 11) is 0. The quantitative estimate of drug-likeness (QED) is 0.495. The average Bonchev–Trinajstić information content (AvgIpc) is 3.37. The van der Waals surface area contributed by atoms with E-state index in [0.29, 0.717) is 29.3 Å². The Bertz CT molecular complexity index is 1330. The Labute approximate surface area is 163 Å². The number of hydrogen-bond acceptors (Lipinski definition) is 5. The van der Waals surface area contributed by atoms with Crippen LogP contribution in [0, 0.1) is 11.6 Å². The fourth-order valence-corrected chi connectivity index (χ4v) is 3.15. The highest BCUT2D eigenvalue weighted by molar-refractivity contribution is 5.80. The SMILES string of the molecule is Fc1ccc(CCOc2cncc3nnc(-c4ccc5nc[nH]c5c4)n23)cc1F. The largest absolute Gasteiger partial charge is 0.477 e. The number of halogens is 2. The van der Waals surface area contributed by atoms with Gasteiger partial charge in [0.05, 0.1) is 36.4 Å². The molecule has 0 saturated carbocycles. The first kappa shape index (κ1) is 17.2. The molecule has 0 spiro atoms. The van der Waals surface area contributed by atoms with Crippen molar-refractivity contribution >= 4 is 16.7 Å². The molecule has 5 rings (SSSR count). The molecule has 1 N–H and O–H groups in total. The molecule has 9 heteroatoms. The molecular formula is C20H14F2N6O. The van der Waals surface area contributed by atoms with Crippen molar-refractivity contribution in [2.45, 2.75) is 6.42 Å². The molecule has 0 unspecified atom stereocenters. The second-order valence-corrected chi connectivity index (χ2v) is 6.44. The van der Waals surface area contributed by atoms with E-state index < -0.39 is 11.6 Å². The highest BCUT2D eigenvalue weighted by atomic mass is 19.2. The van der Waals surface area contributed by atoms with E-state index in [4.69, 9.17) is 4.74 Å². The van der Waals surface area contributed by atoms with Gasteiger partial charge in [-0.05, 0) is 35.9 Å². The van der Waals surface area contributed by atoms with E-state index in [1.54, 1.807) is 23.1 Å².